The van der Waals surface area contributed by atoms with E-state index in [2.05, 4.69) is 4.98 Å². The Morgan fingerprint density at radius 3 is 2.21 bits per heavy atom. The molecule has 10 heteroatoms. The highest BCUT2D eigenvalue weighted by atomic mass is 19.4. The highest BCUT2D eigenvalue weighted by molar-refractivity contribution is 6.02. The van der Waals surface area contributed by atoms with Crippen molar-refractivity contribution in [3.63, 3.8) is 0 Å². The lowest BCUT2D eigenvalue weighted by molar-refractivity contribution is -0.149. The standard InChI is InChI=1S/C28H24F6N4/c29-17-10-16(11-18(30)13-17)22-14-37-24-5-4-15(12-21(24)26(22)38-8-6-19(35)7-9-38)20-2-1-3-23(31)25(20)27(36)28(32,33)34/h1-5,10-14,19,27H,6-9,35-36H2. The molecule has 1 aromatic heterocycles. The van der Waals surface area contributed by atoms with Crippen LogP contribution in [0, 0.1) is 17.5 Å². The summed E-state index contributed by atoms with van der Waals surface area (Å²) in [5, 5.41) is 0.538. The molecule has 0 aliphatic carbocycles. The summed E-state index contributed by atoms with van der Waals surface area (Å²) in [6.45, 7) is 1.11. The maximum Gasteiger partial charge on any atom is 0.407 e. The maximum absolute atomic E-state index is 14.7. The fourth-order valence-corrected chi connectivity index (χ4v) is 5.00. The Morgan fingerprint density at radius 1 is 0.868 bits per heavy atom. The lowest BCUT2D eigenvalue weighted by atomic mass is 9.92. The summed E-state index contributed by atoms with van der Waals surface area (Å²) in [5.41, 5.74) is 13.0. The van der Waals surface area contributed by atoms with Gasteiger partial charge in [0.15, 0.2) is 0 Å². The molecule has 4 N–H and O–H groups in total. The van der Waals surface area contributed by atoms with Crippen LogP contribution in [0.25, 0.3) is 33.2 Å². The third kappa shape index (κ3) is 4.93. The second kappa shape index (κ2) is 9.92. The lowest BCUT2D eigenvalue weighted by Gasteiger charge is -2.34. The number of piperidine rings is 1. The largest absolute Gasteiger partial charge is 0.407 e. The molecular formula is C28H24F6N4. The number of halogens is 6. The average Bonchev–Trinajstić information content (AvgIpc) is 2.86. The number of nitrogens with two attached hydrogens (primary N) is 2. The van der Waals surface area contributed by atoms with Crippen molar-refractivity contribution in [3.05, 3.63) is 83.8 Å². The maximum atomic E-state index is 14.7. The van der Waals surface area contributed by atoms with Gasteiger partial charge in [-0.1, -0.05) is 18.2 Å². The molecule has 38 heavy (non-hydrogen) atoms. The lowest BCUT2D eigenvalue weighted by Crippen LogP contribution is -2.40. The van der Waals surface area contributed by atoms with Crippen LogP contribution in [0.3, 0.4) is 0 Å². The van der Waals surface area contributed by atoms with Crippen LogP contribution in [0.4, 0.5) is 32.0 Å². The van der Waals surface area contributed by atoms with Gasteiger partial charge >= 0.3 is 6.18 Å². The number of fused-ring (bicyclic) bond motifs is 1. The molecular weight excluding hydrogens is 506 g/mol. The van der Waals surface area contributed by atoms with Crippen molar-refractivity contribution in [2.75, 3.05) is 18.0 Å². The molecule has 5 rings (SSSR count). The Kier molecular flexibility index (Phi) is 6.79. The monoisotopic (exact) mass is 530 g/mol. The van der Waals surface area contributed by atoms with Gasteiger partial charge in [0.25, 0.3) is 0 Å². The van der Waals surface area contributed by atoms with Gasteiger partial charge in [0, 0.05) is 47.9 Å². The summed E-state index contributed by atoms with van der Waals surface area (Å²) < 4.78 is 83.6. The number of aromatic nitrogens is 1. The second-order valence-electron chi connectivity index (χ2n) is 9.46. The minimum Gasteiger partial charge on any atom is -0.370 e. The van der Waals surface area contributed by atoms with Gasteiger partial charge in [0.2, 0.25) is 0 Å². The Hall–Kier alpha value is -3.63. The first-order valence-corrected chi connectivity index (χ1v) is 12.0. The highest BCUT2D eigenvalue weighted by Gasteiger charge is 2.40. The Balaban J connectivity index is 1.76. The molecule has 4 nitrogen and oxygen atoms in total. The number of nitrogens with zero attached hydrogens (tertiary/aromatic N) is 2. The van der Waals surface area contributed by atoms with Crippen LogP contribution < -0.4 is 16.4 Å². The quantitative estimate of drug-likeness (QED) is 0.297. The summed E-state index contributed by atoms with van der Waals surface area (Å²) in [6, 6.07) is 9.05. The number of hydrogen-bond donors (Lipinski definition) is 2. The SMILES string of the molecule is NC1CCN(c2c(-c3cc(F)cc(F)c3)cnc3ccc(-c4cccc(F)c4C(N)C(F)(F)F)cc23)CC1. The Bertz CT molecular complexity index is 1470. The van der Waals surface area contributed by atoms with Crippen LogP contribution in [0.5, 0.6) is 0 Å². The van der Waals surface area contributed by atoms with Crippen LogP contribution in [0.1, 0.15) is 24.4 Å². The van der Waals surface area contributed by atoms with Gasteiger partial charge in [0.05, 0.1) is 11.2 Å². The van der Waals surface area contributed by atoms with E-state index in [0.717, 1.165) is 12.1 Å². The zero-order valence-electron chi connectivity index (χ0n) is 20.1. The summed E-state index contributed by atoms with van der Waals surface area (Å²) in [7, 11) is 0. The normalized spacial score (nSPS) is 15.7. The number of hydrogen-bond acceptors (Lipinski definition) is 4. The number of alkyl halides is 3. The van der Waals surface area contributed by atoms with E-state index in [9.17, 15) is 26.3 Å². The number of anilines is 1. The van der Waals surface area contributed by atoms with Crippen molar-refractivity contribution in [1.29, 1.82) is 0 Å². The fraction of sp³-hybridized carbons (Fsp3) is 0.250. The molecule has 1 fully saturated rings. The topological polar surface area (TPSA) is 68.2 Å². The van der Waals surface area contributed by atoms with E-state index in [0.29, 0.717) is 53.6 Å². The van der Waals surface area contributed by atoms with Crippen molar-refractivity contribution in [2.24, 2.45) is 11.5 Å². The van der Waals surface area contributed by atoms with E-state index in [1.165, 1.54) is 30.5 Å². The van der Waals surface area contributed by atoms with E-state index in [1.54, 1.807) is 18.2 Å². The minimum absolute atomic E-state index is 0.00341. The summed E-state index contributed by atoms with van der Waals surface area (Å²) in [4.78, 5) is 6.49. The van der Waals surface area contributed by atoms with Gasteiger partial charge < -0.3 is 16.4 Å². The van der Waals surface area contributed by atoms with Gasteiger partial charge in [0.1, 0.15) is 23.5 Å². The summed E-state index contributed by atoms with van der Waals surface area (Å²) in [6.07, 6.45) is -1.99. The number of pyridine rings is 1. The number of rotatable bonds is 4. The first-order chi connectivity index (χ1) is 18.0. The average molecular weight is 531 g/mol. The molecule has 1 aliphatic heterocycles. The van der Waals surface area contributed by atoms with Crippen LogP contribution in [-0.4, -0.2) is 30.3 Å². The second-order valence-corrected chi connectivity index (χ2v) is 9.46. The zero-order valence-corrected chi connectivity index (χ0v) is 20.1. The predicted octanol–water partition coefficient (Wildman–Crippen LogP) is 6.48. The highest BCUT2D eigenvalue weighted by Crippen LogP contribution is 2.42. The van der Waals surface area contributed by atoms with E-state index < -0.39 is 35.2 Å². The van der Waals surface area contributed by atoms with Crippen LogP contribution in [0.15, 0.2) is 60.8 Å². The molecule has 3 aromatic carbocycles. The van der Waals surface area contributed by atoms with E-state index in [1.807, 2.05) is 4.90 Å². The van der Waals surface area contributed by atoms with Gasteiger partial charge in [-0.25, -0.2) is 13.2 Å². The summed E-state index contributed by atoms with van der Waals surface area (Å²) >= 11 is 0. The van der Waals surface area contributed by atoms with Crippen molar-refractivity contribution in [3.8, 4) is 22.3 Å². The van der Waals surface area contributed by atoms with Crippen molar-refractivity contribution < 1.29 is 26.3 Å². The molecule has 0 saturated carbocycles. The first-order valence-electron chi connectivity index (χ1n) is 12.0. The van der Waals surface area contributed by atoms with Crippen LogP contribution in [0.2, 0.25) is 0 Å². The Morgan fingerprint density at radius 2 is 1.55 bits per heavy atom. The minimum atomic E-state index is -4.86. The van der Waals surface area contributed by atoms with Gasteiger partial charge in [-0.2, -0.15) is 13.2 Å². The van der Waals surface area contributed by atoms with E-state index >= 15 is 0 Å². The van der Waals surface area contributed by atoms with Gasteiger partial charge in [-0.3, -0.25) is 4.98 Å². The smallest absolute Gasteiger partial charge is 0.370 e. The summed E-state index contributed by atoms with van der Waals surface area (Å²) in [5.74, 6) is -2.59. The molecule has 4 aromatic rings. The van der Waals surface area contributed by atoms with E-state index in [-0.39, 0.29) is 17.2 Å². The third-order valence-corrected chi connectivity index (χ3v) is 6.90. The molecule has 198 valence electrons. The van der Waals surface area contributed by atoms with Crippen molar-refractivity contribution in [1.82, 2.24) is 4.98 Å². The van der Waals surface area contributed by atoms with Crippen molar-refractivity contribution >= 4 is 16.6 Å². The molecule has 2 heterocycles. The molecule has 1 atom stereocenters. The zero-order chi connectivity index (χ0) is 27.2. The molecule has 0 radical (unpaired) electrons. The molecule has 0 bridgehead atoms. The van der Waals surface area contributed by atoms with Gasteiger partial charge in [-0.15, -0.1) is 0 Å². The number of benzene rings is 3. The van der Waals surface area contributed by atoms with Gasteiger partial charge in [-0.05, 0) is 59.9 Å². The van der Waals surface area contributed by atoms with Crippen LogP contribution >= 0.6 is 0 Å². The molecule has 1 saturated heterocycles. The molecule has 1 unspecified atom stereocenters. The molecule has 0 spiro atoms. The first kappa shape index (κ1) is 26.0. The van der Waals surface area contributed by atoms with E-state index in [4.69, 9.17) is 11.5 Å². The van der Waals surface area contributed by atoms with Crippen molar-refractivity contribution in [2.45, 2.75) is 31.1 Å². The van der Waals surface area contributed by atoms with Crippen LogP contribution in [-0.2, 0) is 0 Å². The third-order valence-electron chi connectivity index (χ3n) is 6.90. The molecule has 0 amide bonds. The fourth-order valence-electron chi connectivity index (χ4n) is 5.00. The predicted molar refractivity (Wildman–Crippen MR) is 135 cm³/mol. The Labute approximate surface area is 214 Å². The molecule has 1 aliphatic rings.